The molecule has 1 saturated heterocycles. The van der Waals surface area contributed by atoms with Crippen LogP contribution in [-0.4, -0.2) is 15.5 Å². The molecule has 1 fully saturated rings. The van der Waals surface area contributed by atoms with Crippen LogP contribution in [0, 0.1) is 0 Å². The molecule has 0 saturated carbocycles. The van der Waals surface area contributed by atoms with Crippen molar-refractivity contribution in [1.29, 1.82) is 0 Å². The van der Waals surface area contributed by atoms with Crippen LogP contribution in [0.15, 0.2) is 46.4 Å². The van der Waals surface area contributed by atoms with Gasteiger partial charge in [0.05, 0.1) is 10.9 Å². The first-order valence-electron chi connectivity index (χ1n) is 7.04. The van der Waals surface area contributed by atoms with Gasteiger partial charge in [0, 0.05) is 28.9 Å². The van der Waals surface area contributed by atoms with Crippen LogP contribution in [0.5, 0.6) is 0 Å². The third-order valence-electron chi connectivity index (χ3n) is 4.25. The van der Waals surface area contributed by atoms with E-state index in [-0.39, 0.29) is 16.9 Å². The molecule has 0 aliphatic carbocycles. The van der Waals surface area contributed by atoms with Crippen molar-refractivity contribution in [2.75, 3.05) is 0 Å². The molecule has 6 heteroatoms. The maximum atomic E-state index is 12.7. The molecule has 1 aliphatic rings. The first-order valence-corrected chi connectivity index (χ1v) is 7.04. The summed E-state index contributed by atoms with van der Waals surface area (Å²) in [5.41, 5.74) is 0.861. The first-order chi connectivity index (χ1) is 10.6. The van der Waals surface area contributed by atoms with E-state index in [1.54, 1.807) is 12.4 Å². The summed E-state index contributed by atoms with van der Waals surface area (Å²) in [5.74, 6) is -0.239. The normalized spacial score (nSPS) is 19.0. The Labute approximate surface area is 124 Å². The van der Waals surface area contributed by atoms with E-state index >= 15 is 0 Å². The van der Waals surface area contributed by atoms with Crippen LogP contribution in [0.3, 0.4) is 0 Å². The summed E-state index contributed by atoms with van der Waals surface area (Å²) in [6.07, 6.45) is 4.39. The zero-order chi connectivity index (χ0) is 15.4. The summed E-state index contributed by atoms with van der Waals surface area (Å²) >= 11 is 0. The smallest absolute Gasteiger partial charge is 0.259 e. The molecule has 4 rings (SSSR count). The van der Waals surface area contributed by atoms with Gasteiger partial charge in [-0.3, -0.25) is 19.0 Å². The van der Waals surface area contributed by atoms with Gasteiger partial charge in [-0.2, -0.15) is 0 Å². The Kier molecular flexibility index (Phi) is 2.51. The van der Waals surface area contributed by atoms with Crippen LogP contribution in [0.1, 0.15) is 18.9 Å². The quantitative estimate of drug-likeness (QED) is 0.708. The van der Waals surface area contributed by atoms with E-state index in [0.717, 1.165) is 0 Å². The van der Waals surface area contributed by atoms with Crippen molar-refractivity contribution in [2.24, 2.45) is 0 Å². The predicted octanol–water partition coefficient (Wildman–Crippen LogP) is 1.25. The van der Waals surface area contributed by atoms with Crippen molar-refractivity contribution in [3.8, 4) is 0 Å². The number of pyridine rings is 1. The lowest BCUT2D eigenvalue weighted by atomic mass is 10.0. The highest BCUT2D eigenvalue weighted by Crippen LogP contribution is 2.28. The van der Waals surface area contributed by atoms with Gasteiger partial charge in [-0.25, -0.2) is 0 Å². The number of nitrogens with zero attached hydrogens (tertiary/aromatic N) is 1. The summed E-state index contributed by atoms with van der Waals surface area (Å²) in [4.78, 5) is 39.8. The molecule has 1 unspecified atom stereocenters. The largest absolute Gasteiger partial charge is 0.365 e. The topological polar surface area (TPSA) is 84.0 Å². The number of H-pyrrole nitrogens is 1. The van der Waals surface area contributed by atoms with Crippen molar-refractivity contribution >= 4 is 27.6 Å². The van der Waals surface area contributed by atoms with E-state index in [2.05, 4.69) is 16.9 Å². The zero-order valence-corrected chi connectivity index (χ0v) is 11.7. The summed E-state index contributed by atoms with van der Waals surface area (Å²) in [5, 5.41) is 4.25. The van der Waals surface area contributed by atoms with Gasteiger partial charge < -0.3 is 10.3 Å². The third-order valence-corrected chi connectivity index (χ3v) is 4.25. The minimum atomic E-state index is -0.584. The molecule has 110 valence electrons. The number of rotatable bonds is 1. The molecule has 22 heavy (non-hydrogen) atoms. The Morgan fingerprint density at radius 1 is 1.14 bits per heavy atom. The Hall–Kier alpha value is -2.89. The molecule has 1 aromatic carbocycles. The van der Waals surface area contributed by atoms with Crippen LogP contribution in [0.25, 0.3) is 21.7 Å². The number of carbonyl (C=O) groups is 1. The standard InChI is InChI=1S/C16H13N3O3/c1-8-2-4-11(15(21)18-8)19-12-7-17-6-10-13(20)5-3-9(14(10)12)16(19)22/h3,5-7,11,17H,1-2,4H2,(H,18,21). The fraction of sp³-hybridized carbons (Fsp3) is 0.188. The van der Waals surface area contributed by atoms with E-state index in [9.17, 15) is 14.4 Å². The Bertz CT molecular complexity index is 1040. The number of nitrogens with one attached hydrogen (secondary N) is 2. The number of hydrogen-bond donors (Lipinski definition) is 2. The lowest BCUT2D eigenvalue weighted by Crippen LogP contribution is -2.39. The van der Waals surface area contributed by atoms with Crippen LogP contribution >= 0.6 is 0 Å². The number of aromatic nitrogens is 2. The summed E-state index contributed by atoms with van der Waals surface area (Å²) in [7, 11) is 0. The average molecular weight is 295 g/mol. The zero-order valence-electron chi connectivity index (χ0n) is 11.7. The second kappa shape index (κ2) is 4.30. The molecular formula is C16H13N3O3. The highest BCUT2D eigenvalue weighted by atomic mass is 16.2. The molecule has 0 spiro atoms. The molecule has 1 amide bonds. The average Bonchev–Trinajstić information content (AvgIpc) is 2.77. The van der Waals surface area contributed by atoms with Gasteiger partial charge >= 0.3 is 0 Å². The molecule has 1 aliphatic heterocycles. The highest BCUT2D eigenvalue weighted by Gasteiger charge is 2.29. The number of carbonyl (C=O) groups excluding carboxylic acids is 1. The van der Waals surface area contributed by atoms with Gasteiger partial charge in [-0.05, 0) is 25.0 Å². The Morgan fingerprint density at radius 3 is 2.73 bits per heavy atom. The molecule has 6 nitrogen and oxygen atoms in total. The number of allylic oxidation sites excluding steroid dienone is 1. The monoisotopic (exact) mass is 295 g/mol. The molecule has 2 aromatic heterocycles. The second-order valence-electron chi connectivity index (χ2n) is 5.56. The minimum absolute atomic E-state index is 0.145. The Balaban J connectivity index is 2.07. The van der Waals surface area contributed by atoms with Gasteiger partial charge in [-0.1, -0.05) is 6.58 Å². The van der Waals surface area contributed by atoms with E-state index in [1.165, 1.54) is 16.7 Å². The predicted molar refractivity (Wildman–Crippen MR) is 83.1 cm³/mol. The lowest BCUT2D eigenvalue weighted by Gasteiger charge is -2.24. The third kappa shape index (κ3) is 1.57. The molecule has 2 N–H and O–H groups in total. The number of amides is 1. The number of hydrogen-bond acceptors (Lipinski definition) is 3. The maximum Gasteiger partial charge on any atom is 0.259 e. The van der Waals surface area contributed by atoms with Gasteiger partial charge in [0.15, 0.2) is 5.43 Å². The van der Waals surface area contributed by atoms with Crippen molar-refractivity contribution in [3.63, 3.8) is 0 Å². The molecule has 0 bridgehead atoms. The highest BCUT2D eigenvalue weighted by molar-refractivity contribution is 6.09. The van der Waals surface area contributed by atoms with Crippen molar-refractivity contribution in [2.45, 2.75) is 18.9 Å². The molecule has 3 aromatic rings. The van der Waals surface area contributed by atoms with Gasteiger partial charge in [0.2, 0.25) is 5.91 Å². The van der Waals surface area contributed by atoms with Gasteiger partial charge in [0.25, 0.3) is 5.56 Å². The van der Waals surface area contributed by atoms with Crippen LogP contribution < -0.4 is 16.3 Å². The minimum Gasteiger partial charge on any atom is -0.365 e. The SMILES string of the molecule is C=C1CCC(n2c(=O)c3ccc(=O)c4c[nH]cc2c43)C(=O)N1. The van der Waals surface area contributed by atoms with Crippen LogP contribution in [-0.2, 0) is 4.79 Å². The molecule has 3 heterocycles. The van der Waals surface area contributed by atoms with E-state index < -0.39 is 6.04 Å². The number of aromatic amines is 1. The number of benzene rings is 1. The van der Waals surface area contributed by atoms with Crippen molar-refractivity contribution in [1.82, 2.24) is 14.9 Å². The van der Waals surface area contributed by atoms with E-state index in [0.29, 0.717) is 40.2 Å². The van der Waals surface area contributed by atoms with Crippen molar-refractivity contribution in [3.05, 3.63) is 57.4 Å². The fourth-order valence-corrected chi connectivity index (χ4v) is 3.22. The second-order valence-corrected chi connectivity index (χ2v) is 5.56. The van der Waals surface area contributed by atoms with Gasteiger partial charge in [0.1, 0.15) is 6.04 Å². The fourth-order valence-electron chi connectivity index (χ4n) is 3.22. The summed E-state index contributed by atoms with van der Waals surface area (Å²) < 4.78 is 1.48. The Morgan fingerprint density at radius 2 is 1.95 bits per heavy atom. The van der Waals surface area contributed by atoms with E-state index in [1.807, 2.05) is 0 Å². The molecule has 1 atom stereocenters. The van der Waals surface area contributed by atoms with Crippen LogP contribution in [0.4, 0.5) is 0 Å². The number of piperidine rings is 1. The van der Waals surface area contributed by atoms with Crippen molar-refractivity contribution < 1.29 is 4.79 Å². The van der Waals surface area contributed by atoms with E-state index in [4.69, 9.17) is 0 Å². The maximum absolute atomic E-state index is 12.7. The summed E-state index contributed by atoms with van der Waals surface area (Å²) in [6.45, 7) is 3.75. The van der Waals surface area contributed by atoms with Gasteiger partial charge in [-0.15, -0.1) is 0 Å². The van der Waals surface area contributed by atoms with Crippen LogP contribution in [0.2, 0.25) is 0 Å². The molecule has 0 radical (unpaired) electrons. The lowest BCUT2D eigenvalue weighted by molar-refractivity contribution is -0.124. The molecular weight excluding hydrogens is 282 g/mol. The first kappa shape index (κ1) is 12.8. The summed E-state index contributed by atoms with van der Waals surface area (Å²) in [6, 6.07) is 2.34.